The molecule has 0 bridgehead atoms. The van der Waals surface area contributed by atoms with E-state index in [1.165, 1.54) is 6.07 Å². The van der Waals surface area contributed by atoms with Crippen molar-refractivity contribution in [1.29, 1.82) is 0 Å². The van der Waals surface area contributed by atoms with Gasteiger partial charge >= 0.3 is 0 Å². The molecule has 0 radical (unpaired) electrons. The molecular weight excluding hydrogens is 235 g/mol. The molecule has 2 nitrogen and oxygen atoms in total. The summed E-state index contributed by atoms with van der Waals surface area (Å²) in [6, 6.07) is 5.06. The second-order valence-corrected chi connectivity index (χ2v) is 5.55. The molecule has 0 aliphatic heterocycles. The van der Waals surface area contributed by atoms with Crippen molar-refractivity contribution in [2.75, 3.05) is 0 Å². The van der Waals surface area contributed by atoms with Gasteiger partial charge in [0, 0.05) is 6.54 Å². The maximum atomic E-state index is 13.6. The fraction of sp³-hybridized carbons (Fsp3) is 0.462. The molecular formula is C13H17FN2S. The van der Waals surface area contributed by atoms with Crippen LogP contribution in [0.4, 0.5) is 4.39 Å². The van der Waals surface area contributed by atoms with Gasteiger partial charge in [-0.3, -0.25) is 0 Å². The first kappa shape index (κ1) is 12.3. The van der Waals surface area contributed by atoms with Crippen LogP contribution in [0, 0.1) is 16.0 Å². The molecule has 2 rings (SSSR count). The van der Waals surface area contributed by atoms with Gasteiger partial charge in [0.2, 0.25) is 0 Å². The van der Waals surface area contributed by atoms with Gasteiger partial charge in [-0.1, -0.05) is 26.8 Å². The average Bonchev–Trinajstić information content (AvgIpc) is 2.58. The van der Waals surface area contributed by atoms with E-state index in [2.05, 4.69) is 25.8 Å². The maximum Gasteiger partial charge on any atom is 0.178 e. The Morgan fingerprint density at radius 2 is 2.12 bits per heavy atom. The summed E-state index contributed by atoms with van der Waals surface area (Å²) in [6.45, 7) is 7.32. The normalized spacial score (nSPS) is 12.2. The summed E-state index contributed by atoms with van der Waals surface area (Å²) in [5.41, 5.74) is 1.50. The van der Waals surface area contributed by atoms with Crippen LogP contribution in [0.15, 0.2) is 18.2 Å². The third-order valence-corrected chi connectivity index (χ3v) is 3.63. The number of halogens is 1. The first-order chi connectivity index (χ1) is 7.94. The van der Waals surface area contributed by atoms with Crippen molar-refractivity contribution in [1.82, 2.24) is 9.55 Å². The standard InChI is InChI=1S/C13H17FN2S/c1-4-13(2,3)8-16-10-7-5-6-9(14)11(10)15-12(16)17/h5-7H,4,8H2,1-3H3,(H,15,17). The Balaban J connectivity index is 2.58. The van der Waals surface area contributed by atoms with Crippen LogP contribution in [0.5, 0.6) is 0 Å². The molecule has 0 saturated heterocycles. The van der Waals surface area contributed by atoms with Crippen molar-refractivity contribution in [2.24, 2.45) is 5.41 Å². The van der Waals surface area contributed by atoms with Crippen LogP contribution < -0.4 is 0 Å². The second kappa shape index (κ2) is 4.26. The lowest BCUT2D eigenvalue weighted by Crippen LogP contribution is -2.18. The molecule has 1 N–H and O–H groups in total. The van der Waals surface area contributed by atoms with Gasteiger partial charge in [0.05, 0.1) is 5.52 Å². The SMILES string of the molecule is CCC(C)(C)Cn1c(=S)[nH]c2c(F)cccc21. The molecule has 0 spiro atoms. The van der Waals surface area contributed by atoms with Crippen LogP contribution >= 0.6 is 12.2 Å². The van der Waals surface area contributed by atoms with Crippen molar-refractivity contribution in [3.8, 4) is 0 Å². The van der Waals surface area contributed by atoms with Crippen LogP contribution in [0.1, 0.15) is 27.2 Å². The Bertz CT molecular complexity index is 595. The van der Waals surface area contributed by atoms with Crippen LogP contribution in [0.25, 0.3) is 11.0 Å². The van der Waals surface area contributed by atoms with E-state index in [1.807, 2.05) is 10.6 Å². The highest BCUT2D eigenvalue weighted by molar-refractivity contribution is 7.71. The van der Waals surface area contributed by atoms with Crippen LogP contribution in [0.2, 0.25) is 0 Å². The van der Waals surface area contributed by atoms with Crippen molar-refractivity contribution >= 4 is 23.3 Å². The smallest absolute Gasteiger partial charge is 0.178 e. The predicted octanol–water partition coefficient (Wildman–Crippen LogP) is 4.27. The van der Waals surface area contributed by atoms with E-state index in [9.17, 15) is 4.39 Å². The van der Waals surface area contributed by atoms with Gasteiger partial charge in [-0.15, -0.1) is 0 Å². The number of para-hydroxylation sites is 1. The first-order valence-electron chi connectivity index (χ1n) is 5.81. The molecule has 0 aliphatic rings. The summed E-state index contributed by atoms with van der Waals surface area (Å²) < 4.78 is 16.2. The fourth-order valence-electron chi connectivity index (χ4n) is 1.84. The minimum absolute atomic E-state index is 0.152. The second-order valence-electron chi connectivity index (χ2n) is 5.17. The average molecular weight is 252 g/mol. The molecule has 92 valence electrons. The molecule has 0 aliphatic carbocycles. The lowest BCUT2D eigenvalue weighted by molar-refractivity contribution is 0.297. The van der Waals surface area contributed by atoms with Crippen molar-refractivity contribution in [3.63, 3.8) is 0 Å². The van der Waals surface area contributed by atoms with Crippen LogP contribution in [0.3, 0.4) is 0 Å². The zero-order chi connectivity index (χ0) is 12.6. The van der Waals surface area contributed by atoms with E-state index in [0.29, 0.717) is 10.3 Å². The lowest BCUT2D eigenvalue weighted by Gasteiger charge is -2.23. The number of fused-ring (bicyclic) bond motifs is 1. The molecule has 1 aromatic carbocycles. The molecule has 0 unspecified atom stereocenters. The summed E-state index contributed by atoms with van der Waals surface area (Å²) in [5, 5.41) is 0. The maximum absolute atomic E-state index is 13.6. The zero-order valence-electron chi connectivity index (χ0n) is 10.4. The van der Waals surface area contributed by atoms with E-state index in [1.54, 1.807) is 6.07 Å². The molecule has 4 heteroatoms. The Morgan fingerprint density at radius 1 is 1.41 bits per heavy atom. The van der Waals surface area contributed by atoms with Gasteiger partial charge < -0.3 is 9.55 Å². The number of rotatable bonds is 3. The Hall–Kier alpha value is -1.16. The van der Waals surface area contributed by atoms with E-state index in [0.717, 1.165) is 18.5 Å². The Labute approximate surface area is 105 Å². The van der Waals surface area contributed by atoms with E-state index in [-0.39, 0.29) is 11.2 Å². The highest BCUT2D eigenvalue weighted by Gasteiger charge is 2.18. The van der Waals surface area contributed by atoms with Crippen LogP contribution in [-0.2, 0) is 6.54 Å². The minimum Gasteiger partial charge on any atom is -0.328 e. The number of benzene rings is 1. The highest BCUT2D eigenvalue weighted by Crippen LogP contribution is 2.26. The largest absolute Gasteiger partial charge is 0.328 e. The third kappa shape index (κ3) is 2.27. The third-order valence-electron chi connectivity index (χ3n) is 3.30. The zero-order valence-corrected chi connectivity index (χ0v) is 11.2. The van der Waals surface area contributed by atoms with Gasteiger partial charge in [-0.25, -0.2) is 4.39 Å². The minimum atomic E-state index is -0.248. The molecule has 0 atom stereocenters. The van der Waals surface area contributed by atoms with E-state index < -0.39 is 0 Å². The molecule has 17 heavy (non-hydrogen) atoms. The van der Waals surface area contributed by atoms with E-state index in [4.69, 9.17) is 12.2 Å². The molecule has 0 fully saturated rings. The first-order valence-corrected chi connectivity index (χ1v) is 6.22. The number of imidazole rings is 1. The van der Waals surface area contributed by atoms with Gasteiger partial charge in [-0.2, -0.15) is 0 Å². The highest BCUT2D eigenvalue weighted by atomic mass is 32.1. The summed E-state index contributed by atoms with van der Waals surface area (Å²) in [7, 11) is 0. The van der Waals surface area contributed by atoms with Gasteiger partial charge in [0.15, 0.2) is 4.77 Å². The lowest BCUT2D eigenvalue weighted by atomic mass is 9.90. The summed E-state index contributed by atoms with van der Waals surface area (Å²) in [6.07, 6.45) is 1.05. The quantitative estimate of drug-likeness (QED) is 0.809. The topological polar surface area (TPSA) is 20.7 Å². The summed E-state index contributed by atoms with van der Waals surface area (Å²) >= 11 is 5.27. The van der Waals surface area contributed by atoms with Gasteiger partial charge in [0.1, 0.15) is 11.3 Å². The number of aromatic amines is 1. The molecule has 2 aromatic rings. The van der Waals surface area contributed by atoms with Crippen molar-refractivity contribution < 1.29 is 4.39 Å². The Morgan fingerprint density at radius 3 is 2.76 bits per heavy atom. The molecule has 1 heterocycles. The monoisotopic (exact) mass is 252 g/mol. The van der Waals surface area contributed by atoms with Crippen LogP contribution in [-0.4, -0.2) is 9.55 Å². The molecule has 0 saturated carbocycles. The van der Waals surface area contributed by atoms with Crippen molar-refractivity contribution in [2.45, 2.75) is 33.7 Å². The van der Waals surface area contributed by atoms with E-state index >= 15 is 0 Å². The number of hydrogen-bond donors (Lipinski definition) is 1. The number of nitrogens with zero attached hydrogens (tertiary/aromatic N) is 1. The number of nitrogens with one attached hydrogen (secondary N) is 1. The van der Waals surface area contributed by atoms with Gasteiger partial charge in [0.25, 0.3) is 0 Å². The van der Waals surface area contributed by atoms with Crippen molar-refractivity contribution in [3.05, 3.63) is 28.8 Å². The Kier molecular flexibility index (Phi) is 3.08. The molecule has 1 aromatic heterocycles. The number of aromatic nitrogens is 2. The fourth-order valence-corrected chi connectivity index (χ4v) is 2.11. The van der Waals surface area contributed by atoms with Gasteiger partial charge in [-0.05, 0) is 36.2 Å². The summed E-state index contributed by atoms with van der Waals surface area (Å²) in [5.74, 6) is -0.248. The molecule has 0 amide bonds. The predicted molar refractivity (Wildman–Crippen MR) is 71.2 cm³/mol. The number of H-pyrrole nitrogens is 1. The summed E-state index contributed by atoms with van der Waals surface area (Å²) in [4.78, 5) is 2.94. The number of hydrogen-bond acceptors (Lipinski definition) is 1.